The first-order chi connectivity index (χ1) is 6.65. The van der Waals surface area contributed by atoms with E-state index in [1.165, 1.54) is 16.5 Å². The smallest absolute Gasteiger partial charge is 0.0244 e. The molecule has 0 radical (unpaired) electrons. The molecule has 1 nitrogen and oxygen atoms in total. The summed E-state index contributed by atoms with van der Waals surface area (Å²) < 4.78 is 1.20. The van der Waals surface area contributed by atoms with E-state index in [1.54, 1.807) is 0 Å². The summed E-state index contributed by atoms with van der Waals surface area (Å²) in [5.74, 6) is 0. The summed E-state index contributed by atoms with van der Waals surface area (Å²) in [5, 5.41) is 0. The van der Waals surface area contributed by atoms with Gasteiger partial charge in [0.1, 0.15) is 0 Å². The van der Waals surface area contributed by atoms with Crippen LogP contribution in [0.5, 0.6) is 0 Å². The molecule has 0 N–H and O–H groups in total. The summed E-state index contributed by atoms with van der Waals surface area (Å²) in [4.78, 5) is 2.38. The average Bonchev–Trinajstić information content (AvgIpc) is 2.20. The van der Waals surface area contributed by atoms with Crippen molar-refractivity contribution in [2.75, 3.05) is 7.05 Å². The van der Waals surface area contributed by atoms with Gasteiger partial charge >= 0.3 is 0 Å². The molecule has 0 aliphatic rings. The molecule has 0 saturated heterocycles. The maximum absolute atomic E-state index is 3.57. The van der Waals surface area contributed by atoms with Crippen LogP contribution in [0.4, 0.5) is 0 Å². The van der Waals surface area contributed by atoms with Crippen molar-refractivity contribution in [1.82, 2.24) is 4.90 Å². The van der Waals surface area contributed by atoms with Crippen LogP contribution in [0.15, 0.2) is 28.7 Å². The number of nitrogens with zero attached hydrogens (tertiary/aromatic N) is 1. The molecule has 0 bridgehead atoms. The third-order valence-electron chi connectivity index (χ3n) is 2.72. The molecule has 0 aliphatic carbocycles. The second-order valence-corrected chi connectivity index (χ2v) is 4.62. The lowest BCUT2D eigenvalue weighted by Crippen LogP contribution is -2.27. The third-order valence-corrected chi connectivity index (χ3v) is 3.49. The first-order valence-corrected chi connectivity index (χ1v) is 5.88. The molecule has 0 heterocycles. The van der Waals surface area contributed by atoms with Gasteiger partial charge < -0.3 is 0 Å². The van der Waals surface area contributed by atoms with Crippen LogP contribution in [0.25, 0.3) is 0 Å². The fourth-order valence-corrected chi connectivity index (χ4v) is 1.77. The highest BCUT2D eigenvalue weighted by atomic mass is 79.9. The fraction of sp³-hybridized carbons (Fsp3) is 0.500. The molecule has 78 valence electrons. The van der Waals surface area contributed by atoms with Gasteiger partial charge in [0.2, 0.25) is 0 Å². The first-order valence-electron chi connectivity index (χ1n) is 5.08. The lowest BCUT2D eigenvalue weighted by Gasteiger charge is -2.23. The zero-order valence-electron chi connectivity index (χ0n) is 9.13. The highest BCUT2D eigenvalue weighted by Crippen LogP contribution is 2.18. The van der Waals surface area contributed by atoms with Gasteiger partial charge in [-0.05, 0) is 32.0 Å². The van der Waals surface area contributed by atoms with Crippen molar-refractivity contribution in [1.29, 1.82) is 0 Å². The lowest BCUT2D eigenvalue weighted by molar-refractivity contribution is 0.243. The van der Waals surface area contributed by atoms with Crippen molar-refractivity contribution in [3.8, 4) is 0 Å². The van der Waals surface area contributed by atoms with E-state index in [9.17, 15) is 0 Å². The number of rotatable bonds is 4. The van der Waals surface area contributed by atoms with Crippen LogP contribution < -0.4 is 0 Å². The Kier molecular flexibility index (Phi) is 4.63. The number of hydrogen-bond acceptors (Lipinski definition) is 1. The summed E-state index contributed by atoms with van der Waals surface area (Å²) in [6.45, 7) is 5.49. The fourth-order valence-electron chi connectivity index (χ4n) is 1.36. The van der Waals surface area contributed by atoms with E-state index in [-0.39, 0.29) is 0 Å². The minimum Gasteiger partial charge on any atom is -0.299 e. The zero-order chi connectivity index (χ0) is 10.6. The Morgan fingerprint density at radius 1 is 1.36 bits per heavy atom. The predicted octanol–water partition coefficient (Wildman–Crippen LogP) is 3.68. The molecule has 14 heavy (non-hydrogen) atoms. The molecule has 0 aliphatic heterocycles. The SMILES string of the molecule is CCC(C)N(C)Cc1ccccc1Br. The second-order valence-electron chi connectivity index (χ2n) is 3.76. The van der Waals surface area contributed by atoms with Gasteiger partial charge in [-0.3, -0.25) is 4.90 Å². The van der Waals surface area contributed by atoms with E-state index >= 15 is 0 Å². The van der Waals surface area contributed by atoms with Gasteiger partial charge in [-0.2, -0.15) is 0 Å². The van der Waals surface area contributed by atoms with Crippen molar-refractivity contribution in [2.45, 2.75) is 32.9 Å². The van der Waals surface area contributed by atoms with Crippen molar-refractivity contribution >= 4 is 15.9 Å². The van der Waals surface area contributed by atoms with Gasteiger partial charge in [-0.15, -0.1) is 0 Å². The summed E-state index contributed by atoms with van der Waals surface area (Å²) in [6, 6.07) is 9.05. The Hall–Kier alpha value is -0.340. The highest BCUT2D eigenvalue weighted by Gasteiger charge is 2.08. The summed E-state index contributed by atoms with van der Waals surface area (Å²) >= 11 is 3.57. The second kappa shape index (κ2) is 5.52. The summed E-state index contributed by atoms with van der Waals surface area (Å²) in [7, 11) is 2.17. The molecule has 0 amide bonds. The van der Waals surface area contributed by atoms with Crippen LogP contribution in [0.1, 0.15) is 25.8 Å². The van der Waals surface area contributed by atoms with Gasteiger partial charge in [0.25, 0.3) is 0 Å². The highest BCUT2D eigenvalue weighted by molar-refractivity contribution is 9.10. The standard InChI is InChI=1S/C12H18BrN/c1-4-10(2)14(3)9-11-7-5-6-8-12(11)13/h5-8,10H,4,9H2,1-3H3. The maximum atomic E-state index is 3.57. The Balaban J connectivity index is 2.64. The minimum atomic E-state index is 0.641. The molecular weight excluding hydrogens is 238 g/mol. The van der Waals surface area contributed by atoms with Crippen LogP contribution in [-0.2, 0) is 6.54 Å². The minimum absolute atomic E-state index is 0.641. The number of benzene rings is 1. The van der Waals surface area contributed by atoms with Crippen molar-refractivity contribution in [3.05, 3.63) is 34.3 Å². The molecule has 1 atom stereocenters. The summed E-state index contributed by atoms with van der Waals surface area (Å²) in [6.07, 6.45) is 1.20. The van der Waals surface area contributed by atoms with E-state index < -0.39 is 0 Å². The normalized spacial score (nSPS) is 13.2. The molecule has 0 spiro atoms. The lowest BCUT2D eigenvalue weighted by atomic mass is 10.1. The van der Waals surface area contributed by atoms with Crippen molar-refractivity contribution in [3.63, 3.8) is 0 Å². The first kappa shape index (κ1) is 11.7. The number of halogens is 1. The molecule has 1 rings (SSSR count). The molecular formula is C12H18BrN. The topological polar surface area (TPSA) is 3.24 Å². The van der Waals surface area contributed by atoms with Crippen molar-refractivity contribution in [2.24, 2.45) is 0 Å². The molecule has 1 aromatic rings. The van der Waals surface area contributed by atoms with E-state index in [1.807, 2.05) is 0 Å². The molecule has 0 saturated carbocycles. The zero-order valence-corrected chi connectivity index (χ0v) is 10.7. The van der Waals surface area contributed by atoms with Gasteiger partial charge in [0, 0.05) is 17.1 Å². The van der Waals surface area contributed by atoms with E-state index in [4.69, 9.17) is 0 Å². The van der Waals surface area contributed by atoms with Gasteiger partial charge in [-0.25, -0.2) is 0 Å². The van der Waals surface area contributed by atoms with E-state index in [0.29, 0.717) is 6.04 Å². The monoisotopic (exact) mass is 255 g/mol. The number of hydrogen-bond donors (Lipinski definition) is 0. The molecule has 0 aromatic heterocycles. The third kappa shape index (κ3) is 3.10. The summed E-state index contributed by atoms with van der Waals surface area (Å²) in [5.41, 5.74) is 1.36. The molecule has 0 fully saturated rings. The van der Waals surface area contributed by atoms with Gasteiger partial charge in [0.15, 0.2) is 0 Å². The Labute approximate surface area is 95.2 Å². The Morgan fingerprint density at radius 3 is 2.57 bits per heavy atom. The quantitative estimate of drug-likeness (QED) is 0.794. The molecule has 1 unspecified atom stereocenters. The van der Waals surface area contributed by atoms with Crippen LogP contribution in [0.2, 0.25) is 0 Å². The predicted molar refractivity (Wildman–Crippen MR) is 65.4 cm³/mol. The largest absolute Gasteiger partial charge is 0.299 e. The van der Waals surface area contributed by atoms with Crippen LogP contribution in [0.3, 0.4) is 0 Å². The maximum Gasteiger partial charge on any atom is 0.0244 e. The average molecular weight is 256 g/mol. The van der Waals surface area contributed by atoms with E-state index in [0.717, 1.165) is 6.54 Å². The molecule has 2 heteroatoms. The Morgan fingerprint density at radius 2 is 2.00 bits per heavy atom. The molecule has 1 aromatic carbocycles. The van der Waals surface area contributed by atoms with Gasteiger partial charge in [0.05, 0.1) is 0 Å². The van der Waals surface area contributed by atoms with Crippen LogP contribution in [-0.4, -0.2) is 18.0 Å². The van der Waals surface area contributed by atoms with Crippen LogP contribution in [0, 0.1) is 0 Å². The Bertz CT molecular complexity index is 285. The van der Waals surface area contributed by atoms with E-state index in [2.05, 4.69) is 66.0 Å². The van der Waals surface area contributed by atoms with Crippen molar-refractivity contribution < 1.29 is 0 Å². The van der Waals surface area contributed by atoms with Crippen LogP contribution >= 0.6 is 15.9 Å². The van der Waals surface area contributed by atoms with Gasteiger partial charge in [-0.1, -0.05) is 41.1 Å².